The number of rotatable bonds is 4. The molecule has 5 atom stereocenters. The predicted octanol–water partition coefficient (Wildman–Crippen LogP) is 0.446. The number of carbonyl (C=O) groups excluding carboxylic acids is 1. The summed E-state index contributed by atoms with van der Waals surface area (Å²) in [6.07, 6.45) is 2.33. The van der Waals surface area contributed by atoms with Crippen molar-refractivity contribution in [2.45, 2.75) is 56.2 Å². The fourth-order valence-corrected chi connectivity index (χ4v) is 5.03. The molecule has 0 saturated carbocycles. The minimum Gasteiger partial charge on any atom is -0.389 e. The Kier molecular flexibility index (Phi) is 5.66. The van der Waals surface area contributed by atoms with Gasteiger partial charge in [0.1, 0.15) is 12.2 Å². The lowest BCUT2D eigenvalue weighted by atomic mass is 9.95. The number of piperidine rings is 1. The van der Waals surface area contributed by atoms with Gasteiger partial charge in [0.2, 0.25) is 5.91 Å². The summed E-state index contributed by atoms with van der Waals surface area (Å²) in [4.78, 5) is 20.3. The van der Waals surface area contributed by atoms with Crippen molar-refractivity contribution in [3.63, 3.8) is 0 Å². The van der Waals surface area contributed by atoms with E-state index in [9.17, 15) is 9.90 Å². The molecule has 31 heavy (non-hydrogen) atoms. The molecule has 166 valence electrons. The standard InChI is InChI=1S/C23H32N6O2/c1-23(31)10-12-29(14-23)22-27-20(25-16-6-4-11-24-13-16)19(21(30)28-22)18-9-8-15-5-2-3-7-17(15)26-18/h2-3,5,7-9,16,19-20,22,24-25,27,31H,4,6,10-14H2,1H3,(H,28,30)/t16-,19?,20?,22?,23?/m1/s1. The van der Waals surface area contributed by atoms with E-state index < -0.39 is 11.5 Å². The monoisotopic (exact) mass is 424 g/mol. The van der Waals surface area contributed by atoms with Gasteiger partial charge >= 0.3 is 0 Å². The summed E-state index contributed by atoms with van der Waals surface area (Å²) in [5.74, 6) is -0.481. The molecule has 4 heterocycles. The Hall–Kier alpha value is -2.10. The Labute approximate surface area is 182 Å². The molecule has 2 aromatic rings. The summed E-state index contributed by atoms with van der Waals surface area (Å²) in [7, 11) is 0. The maximum atomic E-state index is 13.4. The lowest BCUT2D eigenvalue weighted by Crippen LogP contribution is -2.71. The number of pyridine rings is 1. The molecule has 5 N–H and O–H groups in total. The Morgan fingerprint density at radius 1 is 1.26 bits per heavy atom. The number of likely N-dealkylation sites (tertiary alicyclic amines) is 1. The second-order valence-electron chi connectivity index (χ2n) is 9.39. The summed E-state index contributed by atoms with van der Waals surface area (Å²) in [5, 5.41) is 25.3. The Balaban J connectivity index is 1.42. The molecule has 0 aliphatic carbocycles. The van der Waals surface area contributed by atoms with E-state index in [1.807, 2.05) is 43.3 Å². The molecular formula is C23H32N6O2. The summed E-state index contributed by atoms with van der Waals surface area (Å²) >= 11 is 0. The van der Waals surface area contributed by atoms with Crippen LogP contribution in [0.25, 0.3) is 10.9 Å². The lowest BCUT2D eigenvalue weighted by Gasteiger charge is -2.43. The van der Waals surface area contributed by atoms with Gasteiger partial charge in [0.15, 0.2) is 0 Å². The first-order chi connectivity index (χ1) is 15.0. The SMILES string of the molecule is CC1(O)CCN(C2NC(=O)C(c3ccc4ccccc4n3)C(N[C@@H]3CCCNC3)N2)C1. The van der Waals surface area contributed by atoms with Crippen LogP contribution >= 0.6 is 0 Å². The quantitative estimate of drug-likeness (QED) is 0.486. The van der Waals surface area contributed by atoms with Crippen LogP contribution in [-0.4, -0.2) is 71.2 Å². The largest absolute Gasteiger partial charge is 0.389 e. The maximum absolute atomic E-state index is 13.4. The summed E-state index contributed by atoms with van der Waals surface area (Å²) in [6.45, 7) is 5.05. The van der Waals surface area contributed by atoms with Gasteiger partial charge in [0.25, 0.3) is 0 Å². The smallest absolute Gasteiger partial charge is 0.234 e. The van der Waals surface area contributed by atoms with Crippen molar-refractivity contribution in [1.82, 2.24) is 31.2 Å². The number of hydrogen-bond donors (Lipinski definition) is 5. The van der Waals surface area contributed by atoms with Gasteiger partial charge in [-0.25, -0.2) is 0 Å². The third-order valence-electron chi connectivity index (χ3n) is 6.73. The van der Waals surface area contributed by atoms with Crippen LogP contribution in [0.15, 0.2) is 36.4 Å². The molecular weight excluding hydrogens is 392 g/mol. The minimum absolute atomic E-state index is 0.0423. The van der Waals surface area contributed by atoms with Gasteiger partial charge in [-0.1, -0.05) is 24.3 Å². The van der Waals surface area contributed by atoms with Crippen molar-refractivity contribution in [3.8, 4) is 0 Å². The van der Waals surface area contributed by atoms with E-state index in [1.165, 1.54) is 0 Å². The fraction of sp³-hybridized carbons (Fsp3) is 0.565. The molecule has 3 fully saturated rings. The lowest BCUT2D eigenvalue weighted by molar-refractivity contribution is -0.129. The van der Waals surface area contributed by atoms with Crippen LogP contribution in [0, 0.1) is 0 Å². The number of fused-ring (bicyclic) bond motifs is 1. The molecule has 3 aliphatic heterocycles. The fourth-order valence-electron chi connectivity index (χ4n) is 5.03. The number of β-amino-alcohol motifs (C(OH)–C–C–N with tert-alkyl or cyclic N) is 1. The number of hydrogen-bond acceptors (Lipinski definition) is 7. The van der Waals surface area contributed by atoms with E-state index in [0.29, 0.717) is 19.0 Å². The maximum Gasteiger partial charge on any atom is 0.234 e. The zero-order valence-corrected chi connectivity index (χ0v) is 18.0. The van der Waals surface area contributed by atoms with Gasteiger partial charge in [0.05, 0.1) is 23.0 Å². The Bertz CT molecular complexity index is 945. The Morgan fingerprint density at radius 3 is 2.90 bits per heavy atom. The summed E-state index contributed by atoms with van der Waals surface area (Å²) in [5.41, 5.74) is 0.930. The minimum atomic E-state index is -0.723. The number of benzene rings is 1. The summed E-state index contributed by atoms with van der Waals surface area (Å²) in [6, 6.07) is 12.3. The molecule has 0 radical (unpaired) electrons. The molecule has 0 bridgehead atoms. The number of nitrogens with zero attached hydrogens (tertiary/aromatic N) is 2. The molecule has 5 rings (SSSR count). The number of para-hydroxylation sites is 1. The third kappa shape index (κ3) is 4.44. The van der Waals surface area contributed by atoms with Crippen molar-refractivity contribution in [1.29, 1.82) is 0 Å². The first-order valence-corrected chi connectivity index (χ1v) is 11.3. The highest BCUT2D eigenvalue weighted by Crippen LogP contribution is 2.27. The molecule has 1 aromatic heterocycles. The molecule has 0 spiro atoms. The highest BCUT2D eigenvalue weighted by Gasteiger charge is 2.43. The van der Waals surface area contributed by atoms with Crippen molar-refractivity contribution >= 4 is 16.8 Å². The van der Waals surface area contributed by atoms with Gasteiger partial charge in [-0.2, -0.15) is 0 Å². The van der Waals surface area contributed by atoms with Gasteiger partial charge < -0.3 is 15.7 Å². The van der Waals surface area contributed by atoms with Crippen LogP contribution in [-0.2, 0) is 4.79 Å². The predicted molar refractivity (Wildman–Crippen MR) is 119 cm³/mol. The van der Waals surface area contributed by atoms with Crippen molar-refractivity contribution < 1.29 is 9.90 Å². The molecule has 8 nitrogen and oxygen atoms in total. The third-order valence-corrected chi connectivity index (χ3v) is 6.73. The van der Waals surface area contributed by atoms with Gasteiger partial charge in [-0.15, -0.1) is 0 Å². The first kappa shape index (κ1) is 20.8. The van der Waals surface area contributed by atoms with E-state index in [4.69, 9.17) is 4.98 Å². The molecule has 4 unspecified atom stereocenters. The number of amides is 1. The van der Waals surface area contributed by atoms with Crippen molar-refractivity contribution in [3.05, 3.63) is 42.1 Å². The average molecular weight is 425 g/mol. The number of aromatic nitrogens is 1. The van der Waals surface area contributed by atoms with Crippen LogP contribution in [0.5, 0.6) is 0 Å². The number of carbonyl (C=O) groups is 1. The van der Waals surface area contributed by atoms with Gasteiger partial charge in [-0.05, 0) is 44.9 Å². The van der Waals surface area contributed by atoms with Crippen LogP contribution in [0.3, 0.4) is 0 Å². The van der Waals surface area contributed by atoms with E-state index in [2.05, 4.69) is 26.2 Å². The Morgan fingerprint density at radius 2 is 2.13 bits per heavy atom. The molecule has 8 heteroatoms. The molecule has 3 saturated heterocycles. The van der Waals surface area contributed by atoms with E-state index in [1.54, 1.807) is 0 Å². The number of nitrogens with one attached hydrogen (secondary N) is 4. The topological polar surface area (TPSA) is 102 Å². The van der Waals surface area contributed by atoms with Crippen LogP contribution in [0.2, 0.25) is 0 Å². The van der Waals surface area contributed by atoms with Crippen LogP contribution in [0.4, 0.5) is 0 Å². The first-order valence-electron chi connectivity index (χ1n) is 11.3. The average Bonchev–Trinajstić information content (AvgIpc) is 3.14. The molecule has 1 aromatic carbocycles. The van der Waals surface area contributed by atoms with Crippen molar-refractivity contribution in [2.75, 3.05) is 26.2 Å². The zero-order chi connectivity index (χ0) is 21.4. The van der Waals surface area contributed by atoms with E-state index in [-0.39, 0.29) is 18.4 Å². The van der Waals surface area contributed by atoms with E-state index >= 15 is 0 Å². The highest BCUT2D eigenvalue weighted by molar-refractivity contribution is 5.86. The molecule has 3 aliphatic rings. The second-order valence-corrected chi connectivity index (χ2v) is 9.39. The van der Waals surface area contributed by atoms with Crippen LogP contribution in [0.1, 0.15) is 37.8 Å². The molecule has 1 amide bonds. The number of aliphatic hydroxyl groups is 1. The van der Waals surface area contributed by atoms with Gasteiger partial charge in [0, 0.05) is 31.1 Å². The van der Waals surface area contributed by atoms with Crippen molar-refractivity contribution in [2.24, 2.45) is 0 Å². The highest BCUT2D eigenvalue weighted by atomic mass is 16.3. The summed E-state index contributed by atoms with van der Waals surface area (Å²) < 4.78 is 0. The van der Waals surface area contributed by atoms with Gasteiger partial charge in [-0.3, -0.25) is 25.3 Å². The van der Waals surface area contributed by atoms with Crippen LogP contribution < -0.4 is 21.3 Å². The normalized spacial score (nSPS) is 34.7. The zero-order valence-electron chi connectivity index (χ0n) is 18.0. The second kappa shape index (κ2) is 8.44. The van der Waals surface area contributed by atoms with E-state index in [0.717, 1.165) is 49.1 Å².